The molecule has 1 fully saturated rings. The first kappa shape index (κ1) is 15.8. The summed E-state index contributed by atoms with van der Waals surface area (Å²) in [5.74, 6) is -0.399. The average molecular weight is 311 g/mol. The number of aromatic nitrogens is 1. The number of rotatable bonds is 3. The minimum Gasteiger partial charge on any atom is -0.467 e. The Kier molecular flexibility index (Phi) is 4.83. The lowest BCUT2D eigenvalue weighted by Crippen LogP contribution is -2.41. The minimum absolute atomic E-state index is 0.172. The molecule has 0 aromatic carbocycles. The first-order valence-corrected chi connectivity index (χ1v) is 7.38. The fourth-order valence-corrected chi connectivity index (χ4v) is 2.71. The summed E-state index contributed by atoms with van der Waals surface area (Å²) >= 11 is 6.00. The third-order valence-corrected chi connectivity index (χ3v) is 3.83. The van der Waals surface area contributed by atoms with Crippen LogP contribution in [0.15, 0.2) is 12.1 Å². The van der Waals surface area contributed by atoms with Crippen LogP contribution >= 0.6 is 11.6 Å². The van der Waals surface area contributed by atoms with E-state index >= 15 is 0 Å². The zero-order valence-corrected chi connectivity index (χ0v) is 13.2. The summed E-state index contributed by atoms with van der Waals surface area (Å²) in [5, 5.41) is 0.290. The third-order valence-electron chi connectivity index (χ3n) is 3.64. The van der Waals surface area contributed by atoms with Crippen LogP contribution in [0.5, 0.6) is 0 Å². The summed E-state index contributed by atoms with van der Waals surface area (Å²) in [6.45, 7) is 4.52. The predicted octanol–water partition coefficient (Wildman–Crippen LogP) is 2.64. The fourth-order valence-electron chi connectivity index (χ4n) is 2.49. The predicted molar refractivity (Wildman–Crippen MR) is 79.4 cm³/mol. The summed E-state index contributed by atoms with van der Waals surface area (Å²) in [5.41, 5.74) is 1.23. The van der Waals surface area contributed by atoms with Gasteiger partial charge in [0.05, 0.1) is 7.11 Å². The molecule has 6 heteroatoms. The van der Waals surface area contributed by atoms with E-state index in [0.717, 1.165) is 12.1 Å². The van der Waals surface area contributed by atoms with E-state index < -0.39 is 6.04 Å². The van der Waals surface area contributed by atoms with Crippen molar-refractivity contribution in [3.8, 4) is 0 Å². The number of hydrogen-bond donors (Lipinski definition) is 0. The molecule has 0 saturated carbocycles. The zero-order chi connectivity index (χ0) is 15.6. The molecule has 1 saturated heterocycles. The number of halogens is 1. The highest BCUT2D eigenvalue weighted by Crippen LogP contribution is 2.24. The van der Waals surface area contributed by atoms with Crippen molar-refractivity contribution in [1.29, 1.82) is 0 Å². The van der Waals surface area contributed by atoms with Gasteiger partial charge < -0.3 is 9.64 Å². The van der Waals surface area contributed by atoms with E-state index in [0.29, 0.717) is 23.7 Å². The Morgan fingerprint density at radius 3 is 2.76 bits per heavy atom. The van der Waals surface area contributed by atoms with Gasteiger partial charge in [-0.3, -0.25) is 4.79 Å². The maximum atomic E-state index is 12.6. The Morgan fingerprint density at radius 2 is 2.14 bits per heavy atom. The van der Waals surface area contributed by atoms with Crippen LogP contribution in [0.1, 0.15) is 48.7 Å². The molecule has 2 heterocycles. The quantitative estimate of drug-likeness (QED) is 0.636. The number of nitrogens with zero attached hydrogens (tertiary/aromatic N) is 2. The highest BCUT2D eigenvalue weighted by molar-refractivity contribution is 6.29. The first-order valence-electron chi connectivity index (χ1n) is 7.00. The van der Waals surface area contributed by atoms with Crippen LogP contribution in [0, 0.1) is 0 Å². The molecule has 5 nitrogen and oxygen atoms in total. The zero-order valence-electron chi connectivity index (χ0n) is 12.4. The van der Waals surface area contributed by atoms with Crippen molar-refractivity contribution in [1.82, 2.24) is 9.88 Å². The molecule has 0 aliphatic carbocycles. The Morgan fingerprint density at radius 1 is 1.43 bits per heavy atom. The molecule has 1 atom stereocenters. The molecule has 0 bridgehead atoms. The standard InChI is InChI=1S/C15H19ClN2O3/c1-9(2)11-7-10(8-13(16)17-11)14(19)18-6-4-5-12(18)15(20)21-3/h7-9,12H,4-6H2,1-3H3. The summed E-state index contributed by atoms with van der Waals surface area (Å²) in [6, 6.07) is 2.78. The number of methoxy groups -OCH3 is 1. The first-order chi connectivity index (χ1) is 9.93. The Balaban J connectivity index is 2.29. The number of esters is 1. The lowest BCUT2D eigenvalue weighted by Gasteiger charge is -2.23. The van der Waals surface area contributed by atoms with E-state index in [1.807, 2.05) is 13.8 Å². The molecule has 2 rings (SSSR count). The van der Waals surface area contributed by atoms with Gasteiger partial charge in [0.2, 0.25) is 0 Å². The monoisotopic (exact) mass is 310 g/mol. The summed E-state index contributed by atoms with van der Waals surface area (Å²) < 4.78 is 4.76. The SMILES string of the molecule is COC(=O)C1CCCN1C(=O)c1cc(Cl)nc(C(C)C)c1. The van der Waals surface area contributed by atoms with Gasteiger partial charge >= 0.3 is 5.97 Å². The second kappa shape index (κ2) is 6.43. The van der Waals surface area contributed by atoms with Crippen LogP contribution in [-0.4, -0.2) is 41.5 Å². The van der Waals surface area contributed by atoms with E-state index in [1.165, 1.54) is 7.11 Å². The van der Waals surface area contributed by atoms with Crippen molar-refractivity contribution in [2.75, 3.05) is 13.7 Å². The van der Waals surface area contributed by atoms with Crippen molar-refractivity contribution >= 4 is 23.5 Å². The van der Waals surface area contributed by atoms with Crippen LogP contribution < -0.4 is 0 Å². The molecule has 21 heavy (non-hydrogen) atoms. The Hall–Kier alpha value is -1.62. The van der Waals surface area contributed by atoms with Crippen molar-refractivity contribution in [3.63, 3.8) is 0 Å². The molecule has 1 aromatic rings. The summed E-state index contributed by atoms with van der Waals surface area (Å²) in [4.78, 5) is 30.2. The third kappa shape index (κ3) is 3.35. The van der Waals surface area contributed by atoms with Crippen molar-refractivity contribution < 1.29 is 14.3 Å². The molecule has 0 spiro atoms. The Labute approximate surface area is 129 Å². The van der Waals surface area contributed by atoms with Gasteiger partial charge in [0.15, 0.2) is 0 Å². The van der Waals surface area contributed by atoms with Crippen LogP contribution in [0.2, 0.25) is 5.15 Å². The summed E-state index contributed by atoms with van der Waals surface area (Å²) in [6.07, 6.45) is 1.43. The number of pyridine rings is 1. The van der Waals surface area contributed by atoms with Gasteiger partial charge in [-0.2, -0.15) is 0 Å². The average Bonchev–Trinajstić information content (AvgIpc) is 2.94. The van der Waals surface area contributed by atoms with Crippen molar-refractivity contribution in [2.24, 2.45) is 0 Å². The molecule has 1 aliphatic heterocycles. The van der Waals surface area contributed by atoms with Crippen LogP contribution in [0.3, 0.4) is 0 Å². The topological polar surface area (TPSA) is 59.5 Å². The van der Waals surface area contributed by atoms with Crippen LogP contribution in [-0.2, 0) is 9.53 Å². The normalized spacial score (nSPS) is 18.1. The van der Waals surface area contributed by atoms with Crippen LogP contribution in [0.25, 0.3) is 0 Å². The number of hydrogen-bond acceptors (Lipinski definition) is 4. The molecule has 1 aliphatic rings. The Bertz CT molecular complexity index is 560. The molecule has 1 aromatic heterocycles. The largest absolute Gasteiger partial charge is 0.467 e. The van der Waals surface area contributed by atoms with Gasteiger partial charge in [-0.15, -0.1) is 0 Å². The molecular formula is C15H19ClN2O3. The van der Waals surface area contributed by atoms with E-state index in [9.17, 15) is 9.59 Å². The molecule has 1 unspecified atom stereocenters. The van der Waals surface area contributed by atoms with Gasteiger partial charge in [-0.1, -0.05) is 25.4 Å². The fraction of sp³-hybridized carbons (Fsp3) is 0.533. The second-order valence-corrected chi connectivity index (χ2v) is 5.83. The number of carbonyl (C=O) groups excluding carboxylic acids is 2. The van der Waals surface area contributed by atoms with Crippen molar-refractivity contribution in [3.05, 3.63) is 28.5 Å². The van der Waals surface area contributed by atoms with Crippen LogP contribution in [0.4, 0.5) is 0 Å². The molecule has 1 amide bonds. The lowest BCUT2D eigenvalue weighted by molar-refractivity contribution is -0.145. The highest BCUT2D eigenvalue weighted by Gasteiger charge is 2.35. The van der Waals surface area contributed by atoms with Gasteiger partial charge in [0.25, 0.3) is 5.91 Å². The molecule has 114 valence electrons. The highest BCUT2D eigenvalue weighted by atomic mass is 35.5. The van der Waals surface area contributed by atoms with E-state index in [2.05, 4.69) is 4.98 Å². The summed E-state index contributed by atoms with van der Waals surface area (Å²) in [7, 11) is 1.34. The minimum atomic E-state index is -0.503. The molecule has 0 radical (unpaired) electrons. The molecule has 0 N–H and O–H groups in total. The van der Waals surface area contributed by atoms with Gasteiger partial charge in [-0.05, 0) is 30.9 Å². The number of amides is 1. The van der Waals surface area contributed by atoms with E-state index in [1.54, 1.807) is 17.0 Å². The van der Waals surface area contributed by atoms with Gasteiger partial charge in [0, 0.05) is 17.8 Å². The maximum absolute atomic E-state index is 12.6. The number of carbonyl (C=O) groups is 2. The van der Waals surface area contributed by atoms with Crippen molar-refractivity contribution in [2.45, 2.75) is 38.6 Å². The number of ether oxygens (including phenoxy) is 1. The van der Waals surface area contributed by atoms with E-state index in [-0.39, 0.29) is 17.8 Å². The molecular weight excluding hydrogens is 292 g/mol. The lowest BCUT2D eigenvalue weighted by atomic mass is 10.1. The van der Waals surface area contributed by atoms with Gasteiger partial charge in [-0.25, -0.2) is 9.78 Å². The number of likely N-dealkylation sites (tertiary alicyclic amines) is 1. The smallest absolute Gasteiger partial charge is 0.328 e. The second-order valence-electron chi connectivity index (χ2n) is 5.44. The van der Waals surface area contributed by atoms with E-state index in [4.69, 9.17) is 16.3 Å². The maximum Gasteiger partial charge on any atom is 0.328 e. The van der Waals surface area contributed by atoms with Gasteiger partial charge in [0.1, 0.15) is 11.2 Å².